The highest BCUT2D eigenvalue weighted by Crippen LogP contribution is 2.68. The standard InChI is InChI=1S/C27H49N.C2H6/c1-18(2)7-6-8-19(3)23-11-12-24-22-10-9-20-17-21(28)13-15-26(20,4)25(22)14-16-27(23,24)5;1-2/h18-25H,6-17,28H2,1-5H3;1-2H3/t19-,20?,21?,22?,23?,24?,25?,26?,27?;/m1./s1. The first-order valence-electron chi connectivity index (χ1n) is 14.0. The Hall–Kier alpha value is -0.0400. The lowest BCUT2D eigenvalue weighted by Gasteiger charge is -2.61. The molecule has 4 saturated carbocycles. The molecule has 0 aromatic rings. The number of hydrogen-bond acceptors (Lipinski definition) is 1. The lowest BCUT2D eigenvalue weighted by molar-refractivity contribution is -0.116. The predicted octanol–water partition coefficient (Wildman–Crippen LogP) is 8.46. The molecule has 9 atom stereocenters. The summed E-state index contributed by atoms with van der Waals surface area (Å²) in [6.45, 7) is 16.8. The van der Waals surface area contributed by atoms with Crippen LogP contribution in [0.4, 0.5) is 0 Å². The zero-order valence-electron chi connectivity index (χ0n) is 21.7. The Morgan fingerprint density at radius 1 is 0.800 bits per heavy atom. The number of hydrogen-bond donors (Lipinski definition) is 1. The summed E-state index contributed by atoms with van der Waals surface area (Å²) in [7, 11) is 0. The Labute approximate surface area is 189 Å². The van der Waals surface area contributed by atoms with Crippen molar-refractivity contribution >= 4 is 0 Å². The quantitative estimate of drug-likeness (QED) is 0.477. The average molecular weight is 418 g/mol. The summed E-state index contributed by atoms with van der Waals surface area (Å²) in [5.41, 5.74) is 7.64. The van der Waals surface area contributed by atoms with Crippen LogP contribution in [0.15, 0.2) is 0 Å². The van der Waals surface area contributed by atoms with Crippen molar-refractivity contribution in [2.24, 2.45) is 58.0 Å². The van der Waals surface area contributed by atoms with Crippen LogP contribution in [0.25, 0.3) is 0 Å². The number of rotatable bonds is 5. The maximum absolute atomic E-state index is 6.39. The number of nitrogens with two attached hydrogens (primary N) is 1. The van der Waals surface area contributed by atoms with E-state index in [2.05, 4.69) is 34.6 Å². The van der Waals surface area contributed by atoms with Crippen LogP contribution in [0.3, 0.4) is 0 Å². The van der Waals surface area contributed by atoms with Crippen LogP contribution in [-0.2, 0) is 0 Å². The molecule has 4 fully saturated rings. The second-order valence-electron chi connectivity index (χ2n) is 12.7. The van der Waals surface area contributed by atoms with Crippen LogP contribution >= 0.6 is 0 Å². The van der Waals surface area contributed by atoms with Crippen LogP contribution in [0.2, 0.25) is 0 Å². The first-order valence-corrected chi connectivity index (χ1v) is 14.0. The van der Waals surface area contributed by atoms with Crippen molar-refractivity contribution in [2.45, 2.75) is 132 Å². The van der Waals surface area contributed by atoms with E-state index in [4.69, 9.17) is 5.73 Å². The van der Waals surface area contributed by atoms with Gasteiger partial charge in [0.1, 0.15) is 0 Å². The molecule has 4 aliphatic carbocycles. The van der Waals surface area contributed by atoms with E-state index in [1.807, 2.05) is 13.8 Å². The molecule has 0 amide bonds. The molecule has 8 unspecified atom stereocenters. The molecule has 1 heteroatoms. The summed E-state index contributed by atoms with van der Waals surface area (Å²) < 4.78 is 0. The van der Waals surface area contributed by atoms with E-state index in [1.165, 1.54) is 77.0 Å². The Bertz CT molecular complexity index is 540. The summed E-state index contributed by atoms with van der Waals surface area (Å²) in [5, 5.41) is 0. The smallest absolute Gasteiger partial charge is 0.00418 e. The van der Waals surface area contributed by atoms with Gasteiger partial charge in [0.15, 0.2) is 0 Å². The first-order chi connectivity index (χ1) is 14.3. The predicted molar refractivity (Wildman–Crippen MR) is 132 cm³/mol. The highest BCUT2D eigenvalue weighted by Gasteiger charge is 2.60. The first kappa shape index (κ1) is 24.6. The molecular formula is C29H55N. The fraction of sp³-hybridized carbons (Fsp3) is 1.00. The third kappa shape index (κ3) is 4.40. The topological polar surface area (TPSA) is 26.0 Å². The lowest BCUT2D eigenvalue weighted by atomic mass is 9.44. The van der Waals surface area contributed by atoms with Gasteiger partial charge < -0.3 is 5.73 Å². The van der Waals surface area contributed by atoms with Gasteiger partial charge >= 0.3 is 0 Å². The molecule has 0 aliphatic heterocycles. The fourth-order valence-electron chi connectivity index (χ4n) is 9.32. The van der Waals surface area contributed by atoms with E-state index in [0.29, 0.717) is 16.9 Å². The van der Waals surface area contributed by atoms with Gasteiger partial charge in [0.05, 0.1) is 0 Å². The van der Waals surface area contributed by atoms with Gasteiger partial charge in [-0.2, -0.15) is 0 Å². The molecule has 0 aromatic heterocycles. The van der Waals surface area contributed by atoms with Crippen molar-refractivity contribution < 1.29 is 0 Å². The molecule has 30 heavy (non-hydrogen) atoms. The Morgan fingerprint density at radius 2 is 1.47 bits per heavy atom. The van der Waals surface area contributed by atoms with E-state index in [0.717, 1.165) is 41.4 Å². The van der Waals surface area contributed by atoms with Crippen molar-refractivity contribution in [1.29, 1.82) is 0 Å². The van der Waals surface area contributed by atoms with E-state index < -0.39 is 0 Å². The van der Waals surface area contributed by atoms with Crippen LogP contribution in [0.1, 0.15) is 126 Å². The molecular weight excluding hydrogens is 362 g/mol. The Balaban J connectivity index is 0.00000124. The molecule has 0 spiro atoms. The van der Waals surface area contributed by atoms with Gasteiger partial charge in [0.2, 0.25) is 0 Å². The van der Waals surface area contributed by atoms with Gasteiger partial charge in [-0.25, -0.2) is 0 Å². The summed E-state index contributed by atoms with van der Waals surface area (Å²) in [6, 6.07) is 0.492. The van der Waals surface area contributed by atoms with Crippen LogP contribution in [-0.4, -0.2) is 6.04 Å². The van der Waals surface area contributed by atoms with Crippen molar-refractivity contribution in [1.82, 2.24) is 0 Å². The molecule has 1 nitrogen and oxygen atoms in total. The third-order valence-corrected chi connectivity index (χ3v) is 10.9. The molecule has 4 rings (SSSR count). The zero-order chi connectivity index (χ0) is 22.1. The van der Waals surface area contributed by atoms with Gasteiger partial charge in [0, 0.05) is 6.04 Å². The molecule has 0 saturated heterocycles. The Kier molecular flexibility index (Phi) is 8.07. The zero-order valence-corrected chi connectivity index (χ0v) is 21.7. The van der Waals surface area contributed by atoms with Gasteiger partial charge in [-0.1, -0.05) is 67.7 Å². The van der Waals surface area contributed by atoms with Gasteiger partial charge in [0.25, 0.3) is 0 Å². The second kappa shape index (κ2) is 9.84. The summed E-state index contributed by atoms with van der Waals surface area (Å²) in [4.78, 5) is 0. The largest absolute Gasteiger partial charge is 0.328 e. The summed E-state index contributed by atoms with van der Waals surface area (Å²) in [6.07, 6.45) is 17.5. The minimum absolute atomic E-state index is 0.492. The van der Waals surface area contributed by atoms with E-state index in [9.17, 15) is 0 Å². The van der Waals surface area contributed by atoms with Gasteiger partial charge in [-0.05, 0) is 110 Å². The van der Waals surface area contributed by atoms with E-state index >= 15 is 0 Å². The highest BCUT2D eigenvalue weighted by atomic mass is 14.7. The minimum atomic E-state index is 0.492. The normalized spacial score (nSPS) is 46.3. The van der Waals surface area contributed by atoms with Crippen molar-refractivity contribution in [2.75, 3.05) is 0 Å². The van der Waals surface area contributed by atoms with Crippen molar-refractivity contribution in [3.63, 3.8) is 0 Å². The molecule has 4 aliphatic rings. The van der Waals surface area contributed by atoms with Gasteiger partial charge in [-0.3, -0.25) is 0 Å². The monoisotopic (exact) mass is 417 g/mol. The van der Waals surface area contributed by atoms with Crippen molar-refractivity contribution in [3.8, 4) is 0 Å². The van der Waals surface area contributed by atoms with Crippen LogP contribution in [0.5, 0.6) is 0 Å². The lowest BCUT2D eigenvalue weighted by Crippen LogP contribution is -2.54. The SMILES string of the molecule is CC.CC(C)CCC[C@@H](C)C1CCC2C3CCC4CC(N)CCC4(C)C3CCC21C. The van der Waals surface area contributed by atoms with Gasteiger partial charge in [-0.15, -0.1) is 0 Å². The molecule has 0 aromatic carbocycles. The Morgan fingerprint density at radius 3 is 2.17 bits per heavy atom. The molecule has 2 N–H and O–H groups in total. The van der Waals surface area contributed by atoms with E-state index in [1.54, 1.807) is 0 Å². The molecule has 0 radical (unpaired) electrons. The fourth-order valence-corrected chi connectivity index (χ4v) is 9.32. The summed E-state index contributed by atoms with van der Waals surface area (Å²) in [5.74, 6) is 6.79. The maximum atomic E-state index is 6.39. The average Bonchev–Trinajstić information content (AvgIpc) is 3.07. The number of fused-ring (bicyclic) bond motifs is 5. The minimum Gasteiger partial charge on any atom is -0.328 e. The van der Waals surface area contributed by atoms with Crippen LogP contribution < -0.4 is 5.73 Å². The maximum Gasteiger partial charge on any atom is 0.00418 e. The second-order valence-corrected chi connectivity index (χ2v) is 12.7. The molecule has 176 valence electrons. The van der Waals surface area contributed by atoms with E-state index in [-0.39, 0.29) is 0 Å². The van der Waals surface area contributed by atoms with Crippen molar-refractivity contribution in [3.05, 3.63) is 0 Å². The molecule has 0 bridgehead atoms. The van der Waals surface area contributed by atoms with Crippen LogP contribution in [0, 0.1) is 52.3 Å². The third-order valence-electron chi connectivity index (χ3n) is 10.9. The molecule has 0 heterocycles. The highest BCUT2D eigenvalue weighted by molar-refractivity contribution is 5.09. The summed E-state index contributed by atoms with van der Waals surface area (Å²) >= 11 is 0.